The topological polar surface area (TPSA) is 27.7 Å². The molecule has 0 amide bonds. The van der Waals surface area contributed by atoms with Gasteiger partial charge >= 0.3 is 0 Å². The fraction of sp³-hybridized carbons (Fsp3) is 0.857. The Kier molecular flexibility index (Phi) is 7.61. The summed E-state index contributed by atoms with van der Waals surface area (Å²) in [5.41, 5.74) is -0.360. The Morgan fingerprint density at radius 1 is 1.22 bits per heavy atom. The van der Waals surface area contributed by atoms with Gasteiger partial charge < -0.3 is 13.9 Å². The molecule has 0 aromatic heterocycles. The molecule has 0 saturated carbocycles. The summed E-state index contributed by atoms with van der Waals surface area (Å²) in [4.78, 5) is 0. The molecule has 2 unspecified atom stereocenters. The largest absolute Gasteiger partial charge is 0.450 e. The average molecular weight is 272 g/mol. The van der Waals surface area contributed by atoms with Gasteiger partial charge in [-0.25, -0.2) is 0 Å². The smallest absolute Gasteiger partial charge is 0.184 e. The average Bonchev–Trinajstić information content (AvgIpc) is 2.25. The Labute approximate surface area is 113 Å². The first-order valence-electron chi connectivity index (χ1n) is 6.55. The highest BCUT2D eigenvalue weighted by atomic mass is 28.4. The fourth-order valence-electron chi connectivity index (χ4n) is 2.04. The van der Waals surface area contributed by atoms with Crippen LogP contribution in [0.3, 0.4) is 0 Å². The van der Waals surface area contributed by atoms with Crippen LogP contribution >= 0.6 is 0 Å². The molecule has 106 valence electrons. The summed E-state index contributed by atoms with van der Waals surface area (Å²) in [6, 6.07) is 0. The Balaban J connectivity index is 5.02. The van der Waals surface area contributed by atoms with E-state index >= 15 is 0 Å². The molecule has 0 bridgehead atoms. The Morgan fingerprint density at radius 3 is 2.22 bits per heavy atom. The van der Waals surface area contributed by atoms with E-state index in [0.29, 0.717) is 0 Å². The normalized spacial score (nSPS) is 16.4. The van der Waals surface area contributed by atoms with Crippen molar-refractivity contribution in [2.24, 2.45) is 0 Å². The Morgan fingerprint density at radius 2 is 1.83 bits per heavy atom. The zero-order valence-electron chi connectivity index (χ0n) is 12.9. The predicted octanol–water partition coefficient (Wildman–Crippen LogP) is 3.41. The lowest BCUT2D eigenvalue weighted by molar-refractivity contribution is -0.0461. The zero-order chi connectivity index (χ0) is 14.2. The number of methoxy groups -OCH3 is 2. The summed E-state index contributed by atoms with van der Waals surface area (Å²) in [6.07, 6.45) is 5.57. The molecule has 0 aliphatic rings. The van der Waals surface area contributed by atoms with E-state index in [4.69, 9.17) is 13.9 Å². The van der Waals surface area contributed by atoms with Crippen LogP contribution in [-0.2, 0) is 13.9 Å². The summed E-state index contributed by atoms with van der Waals surface area (Å²) in [7, 11) is 1.58. The Hall–Kier alpha value is -0.503. The molecular formula is C14H28O3Si. The molecule has 0 N–H and O–H groups in total. The maximum absolute atomic E-state index is 6.33. The lowest BCUT2D eigenvalue weighted by atomic mass is 9.93. The fourth-order valence-corrected chi connectivity index (χ4v) is 3.64. The van der Waals surface area contributed by atoms with Gasteiger partial charge in [-0.05, 0) is 38.9 Å². The van der Waals surface area contributed by atoms with Gasteiger partial charge in [-0.15, -0.1) is 0 Å². The second-order valence-electron chi connectivity index (χ2n) is 5.70. The van der Waals surface area contributed by atoms with E-state index in [1.165, 1.54) is 0 Å². The molecule has 0 aromatic carbocycles. The van der Waals surface area contributed by atoms with E-state index in [-0.39, 0.29) is 11.7 Å². The molecule has 0 aromatic rings. The SMILES string of the molecule is CCCCC(C)(O[Si](C)(C)C)C(C#COC)OC. The van der Waals surface area contributed by atoms with Crippen LogP contribution in [0.1, 0.15) is 33.1 Å². The van der Waals surface area contributed by atoms with E-state index in [9.17, 15) is 0 Å². The zero-order valence-corrected chi connectivity index (χ0v) is 13.9. The second-order valence-corrected chi connectivity index (χ2v) is 10.1. The molecule has 0 rings (SSSR count). The minimum absolute atomic E-state index is 0.254. The molecule has 0 aliphatic heterocycles. The first-order valence-corrected chi connectivity index (χ1v) is 9.96. The third kappa shape index (κ3) is 6.44. The quantitative estimate of drug-likeness (QED) is 0.525. The molecule has 0 aliphatic carbocycles. The van der Waals surface area contributed by atoms with Crippen molar-refractivity contribution < 1.29 is 13.9 Å². The molecule has 0 radical (unpaired) electrons. The van der Waals surface area contributed by atoms with Gasteiger partial charge in [-0.3, -0.25) is 0 Å². The summed E-state index contributed by atoms with van der Waals surface area (Å²) < 4.78 is 16.7. The van der Waals surface area contributed by atoms with Crippen LogP contribution in [0.4, 0.5) is 0 Å². The highest BCUT2D eigenvalue weighted by Crippen LogP contribution is 2.28. The molecule has 2 atom stereocenters. The third-order valence-electron chi connectivity index (χ3n) is 2.65. The van der Waals surface area contributed by atoms with Crippen LogP contribution < -0.4 is 0 Å². The molecule has 0 spiro atoms. The highest BCUT2D eigenvalue weighted by Gasteiger charge is 2.38. The van der Waals surface area contributed by atoms with Crippen molar-refractivity contribution >= 4 is 8.32 Å². The van der Waals surface area contributed by atoms with Gasteiger partial charge in [0.05, 0.1) is 12.7 Å². The molecule has 0 fully saturated rings. The second kappa shape index (κ2) is 7.83. The van der Waals surface area contributed by atoms with Crippen LogP contribution in [0.15, 0.2) is 0 Å². The van der Waals surface area contributed by atoms with Crippen LogP contribution in [0, 0.1) is 12.0 Å². The van der Waals surface area contributed by atoms with E-state index in [0.717, 1.165) is 19.3 Å². The number of hydrogen-bond acceptors (Lipinski definition) is 3. The van der Waals surface area contributed by atoms with E-state index in [1.54, 1.807) is 14.2 Å². The minimum Gasteiger partial charge on any atom is -0.450 e. The monoisotopic (exact) mass is 272 g/mol. The van der Waals surface area contributed by atoms with Crippen molar-refractivity contribution in [2.45, 2.75) is 64.5 Å². The molecule has 18 heavy (non-hydrogen) atoms. The van der Waals surface area contributed by atoms with E-state index < -0.39 is 8.32 Å². The number of ether oxygens (including phenoxy) is 2. The van der Waals surface area contributed by atoms with Crippen molar-refractivity contribution in [3.63, 3.8) is 0 Å². The lowest BCUT2D eigenvalue weighted by Crippen LogP contribution is -2.49. The van der Waals surface area contributed by atoms with Crippen molar-refractivity contribution in [1.82, 2.24) is 0 Å². The summed E-state index contributed by atoms with van der Waals surface area (Å²) >= 11 is 0. The van der Waals surface area contributed by atoms with Gasteiger partial charge in [0.25, 0.3) is 0 Å². The Bertz CT molecular complexity index is 288. The van der Waals surface area contributed by atoms with Crippen LogP contribution in [-0.4, -0.2) is 34.2 Å². The summed E-state index contributed by atoms with van der Waals surface area (Å²) in [5.74, 6) is 2.99. The van der Waals surface area contributed by atoms with Gasteiger partial charge in [-0.2, -0.15) is 0 Å². The molecule has 0 heterocycles. The number of hydrogen-bond donors (Lipinski definition) is 0. The summed E-state index contributed by atoms with van der Waals surface area (Å²) in [5, 5.41) is 0. The highest BCUT2D eigenvalue weighted by molar-refractivity contribution is 6.69. The summed E-state index contributed by atoms with van der Waals surface area (Å²) in [6.45, 7) is 10.8. The van der Waals surface area contributed by atoms with Gasteiger partial charge in [-0.1, -0.05) is 19.8 Å². The first kappa shape index (κ1) is 17.5. The van der Waals surface area contributed by atoms with Crippen molar-refractivity contribution in [3.8, 4) is 12.0 Å². The first-order chi connectivity index (χ1) is 8.29. The van der Waals surface area contributed by atoms with Crippen LogP contribution in [0.25, 0.3) is 0 Å². The van der Waals surface area contributed by atoms with Crippen LogP contribution in [0.2, 0.25) is 19.6 Å². The van der Waals surface area contributed by atoms with Crippen LogP contribution in [0.5, 0.6) is 0 Å². The molecule has 4 heteroatoms. The van der Waals surface area contributed by atoms with Gasteiger partial charge in [0, 0.05) is 7.11 Å². The maximum Gasteiger partial charge on any atom is 0.184 e. The van der Waals surface area contributed by atoms with Crippen molar-refractivity contribution in [1.29, 1.82) is 0 Å². The lowest BCUT2D eigenvalue weighted by Gasteiger charge is -2.39. The minimum atomic E-state index is -1.65. The molecule has 0 saturated heterocycles. The van der Waals surface area contributed by atoms with Gasteiger partial charge in [0.1, 0.15) is 12.2 Å². The van der Waals surface area contributed by atoms with Crippen molar-refractivity contribution in [3.05, 3.63) is 0 Å². The van der Waals surface area contributed by atoms with Gasteiger partial charge in [0.2, 0.25) is 0 Å². The standard InChI is InChI=1S/C14H28O3Si/c1-8-9-11-14(2,17-18(5,6)7)13(16-4)10-12-15-3/h13H,8-9,11H2,1-7H3. The molecular weight excluding hydrogens is 244 g/mol. The number of rotatable bonds is 7. The third-order valence-corrected chi connectivity index (χ3v) is 3.73. The predicted molar refractivity (Wildman–Crippen MR) is 77.9 cm³/mol. The van der Waals surface area contributed by atoms with Crippen molar-refractivity contribution in [2.75, 3.05) is 14.2 Å². The van der Waals surface area contributed by atoms with E-state index in [2.05, 4.69) is 45.5 Å². The number of unbranched alkanes of at least 4 members (excludes halogenated alkanes) is 1. The maximum atomic E-state index is 6.33. The molecule has 3 nitrogen and oxygen atoms in total. The van der Waals surface area contributed by atoms with E-state index in [1.807, 2.05) is 0 Å². The van der Waals surface area contributed by atoms with Gasteiger partial charge in [0.15, 0.2) is 8.32 Å².